The van der Waals surface area contributed by atoms with Crippen LogP contribution in [-0.4, -0.2) is 4.98 Å². The van der Waals surface area contributed by atoms with E-state index >= 15 is 0 Å². The Morgan fingerprint density at radius 2 is 2.44 bits per heavy atom. The van der Waals surface area contributed by atoms with Crippen molar-refractivity contribution in [3.63, 3.8) is 0 Å². The molecule has 2 nitrogen and oxygen atoms in total. The van der Waals surface area contributed by atoms with Gasteiger partial charge in [-0.2, -0.15) is 0 Å². The number of nitrogens with two attached hydrogens (primary N) is 1. The fourth-order valence-electron chi connectivity index (χ4n) is 0.619. The van der Waals surface area contributed by atoms with Crippen molar-refractivity contribution in [3.8, 4) is 0 Å². The van der Waals surface area contributed by atoms with Crippen LogP contribution in [0, 0.1) is 6.92 Å². The monoisotopic (exact) mass is 140 g/mol. The Labute approximate surface area is 58.0 Å². The summed E-state index contributed by atoms with van der Waals surface area (Å²) in [5.41, 5.74) is 6.32. The van der Waals surface area contributed by atoms with Gasteiger partial charge in [0.15, 0.2) is 5.13 Å². The number of hydrogen-bond acceptors (Lipinski definition) is 3. The maximum atomic E-state index is 5.41. The first-order valence-electron chi connectivity index (χ1n) is 2.59. The first-order valence-corrected chi connectivity index (χ1v) is 3.41. The van der Waals surface area contributed by atoms with Crippen LogP contribution in [0.2, 0.25) is 0 Å². The highest BCUT2D eigenvalue weighted by molar-refractivity contribution is 7.15. The summed E-state index contributed by atoms with van der Waals surface area (Å²) in [5, 5.41) is 0.613. The van der Waals surface area contributed by atoms with Gasteiger partial charge in [-0.15, -0.1) is 11.3 Å². The average Bonchev–Trinajstić information content (AvgIpc) is 2.10. The van der Waals surface area contributed by atoms with E-state index in [4.69, 9.17) is 5.73 Å². The maximum Gasteiger partial charge on any atom is 0.180 e. The molecule has 0 aromatic carbocycles. The van der Waals surface area contributed by atoms with Crippen LogP contribution in [0.25, 0.3) is 6.08 Å². The second-order valence-corrected chi connectivity index (χ2v) is 2.93. The van der Waals surface area contributed by atoms with Gasteiger partial charge >= 0.3 is 0 Å². The summed E-state index contributed by atoms with van der Waals surface area (Å²) < 4.78 is 0. The molecule has 0 radical (unpaired) electrons. The molecular weight excluding hydrogens is 132 g/mol. The number of nitrogen functional groups attached to an aromatic ring is 1. The predicted molar refractivity (Wildman–Crippen MR) is 41.4 cm³/mol. The fraction of sp³-hybridized carbons (Fsp3) is 0.167. The molecule has 0 amide bonds. The Balaban J connectivity index is 3.15. The van der Waals surface area contributed by atoms with Crippen molar-refractivity contribution in [1.82, 2.24) is 4.98 Å². The molecule has 0 aliphatic rings. The van der Waals surface area contributed by atoms with E-state index in [1.54, 1.807) is 6.08 Å². The van der Waals surface area contributed by atoms with Gasteiger partial charge in [-0.1, -0.05) is 6.58 Å². The predicted octanol–water partition coefficient (Wildman–Crippen LogP) is 1.68. The molecule has 0 spiro atoms. The Morgan fingerprint density at radius 1 is 1.78 bits per heavy atom. The number of aromatic nitrogens is 1. The molecule has 48 valence electrons. The summed E-state index contributed by atoms with van der Waals surface area (Å²) in [5.74, 6) is 0. The van der Waals surface area contributed by atoms with E-state index in [-0.39, 0.29) is 0 Å². The molecule has 1 rings (SSSR count). The largest absolute Gasteiger partial charge is 0.375 e. The summed E-state index contributed by atoms with van der Waals surface area (Å²) >= 11 is 1.49. The van der Waals surface area contributed by atoms with Crippen LogP contribution >= 0.6 is 11.3 Å². The molecule has 2 N–H and O–H groups in total. The van der Waals surface area contributed by atoms with Crippen LogP contribution in [0.5, 0.6) is 0 Å². The van der Waals surface area contributed by atoms with Gasteiger partial charge < -0.3 is 5.73 Å². The zero-order chi connectivity index (χ0) is 6.85. The number of nitrogens with zero attached hydrogens (tertiary/aromatic N) is 1. The Kier molecular flexibility index (Phi) is 1.53. The van der Waals surface area contributed by atoms with Crippen molar-refractivity contribution in [1.29, 1.82) is 0 Å². The van der Waals surface area contributed by atoms with Gasteiger partial charge in [-0.25, -0.2) is 4.98 Å². The van der Waals surface area contributed by atoms with Crippen molar-refractivity contribution in [2.45, 2.75) is 6.92 Å². The number of aryl methyl sites for hydroxylation is 1. The minimum Gasteiger partial charge on any atom is -0.375 e. The SMILES string of the molecule is C=Cc1nc(N)sc1C. The lowest BCUT2D eigenvalue weighted by Gasteiger charge is -1.80. The molecule has 1 heterocycles. The maximum absolute atomic E-state index is 5.41. The van der Waals surface area contributed by atoms with E-state index < -0.39 is 0 Å². The third-order valence-corrected chi connectivity index (χ3v) is 1.86. The second-order valence-electron chi connectivity index (χ2n) is 1.70. The summed E-state index contributed by atoms with van der Waals surface area (Å²) in [4.78, 5) is 5.13. The molecule has 0 aliphatic heterocycles. The molecule has 1 aromatic heterocycles. The molecule has 0 saturated heterocycles. The first-order chi connectivity index (χ1) is 4.24. The van der Waals surface area contributed by atoms with Crippen molar-refractivity contribution in [2.75, 3.05) is 5.73 Å². The smallest absolute Gasteiger partial charge is 0.180 e. The number of anilines is 1. The van der Waals surface area contributed by atoms with Gasteiger partial charge in [0, 0.05) is 4.88 Å². The van der Waals surface area contributed by atoms with Crippen LogP contribution in [0.1, 0.15) is 10.6 Å². The first kappa shape index (κ1) is 6.29. The van der Waals surface area contributed by atoms with Crippen LogP contribution in [-0.2, 0) is 0 Å². The molecule has 0 saturated carbocycles. The Hall–Kier alpha value is -0.830. The topological polar surface area (TPSA) is 38.9 Å². The third-order valence-electron chi connectivity index (χ3n) is 1.04. The van der Waals surface area contributed by atoms with Crippen LogP contribution in [0.15, 0.2) is 6.58 Å². The van der Waals surface area contributed by atoms with E-state index in [9.17, 15) is 0 Å². The fourth-order valence-corrected chi connectivity index (χ4v) is 1.31. The third kappa shape index (κ3) is 1.10. The highest BCUT2D eigenvalue weighted by atomic mass is 32.1. The lowest BCUT2D eigenvalue weighted by atomic mass is 10.4. The Morgan fingerprint density at radius 3 is 2.67 bits per heavy atom. The molecule has 0 unspecified atom stereocenters. The summed E-state index contributed by atoms with van der Waals surface area (Å²) in [6.07, 6.45) is 1.71. The van der Waals surface area contributed by atoms with Gasteiger partial charge in [0.2, 0.25) is 0 Å². The zero-order valence-electron chi connectivity index (χ0n) is 5.22. The van der Waals surface area contributed by atoms with Gasteiger partial charge in [0.25, 0.3) is 0 Å². The molecule has 9 heavy (non-hydrogen) atoms. The highest BCUT2D eigenvalue weighted by Gasteiger charge is 1.98. The normalized spacial score (nSPS) is 9.44. The Bertz CT molecular complexity index is 227. The minimum atomic E-state index is 0.613. The molecule has 0 atom stereocenters. The minimum absolute atomic E-state index is 0.613. The van der Waals surface area contributed by atoms with E-state index in [1.807, 2.05) is 6.92 Å². The molecular formula is C6H8N2S. The lowest BCUT2D eigenvalue weighted by molar-refractivity contribution is 1.35. The van der Waals surface area contributed by atoms with Crippen LogP contribution in [0.4, 0.5) is 5.13 Å². The van der Waals surface area contributed by atoms with Crippen molar-refractivity contribution in [2.24, 2.45) is 0 Å². The molecule has 0 fully saturated rings. The standard InChI is InChI=1S/C6H8N2S/c1-3-5-4(2)9-6(7)8-5/h3H,1H2,2H3,(H2,7,8). The highest BCUT2D eigenvalue weighted by Crippen LogP contribution is 2.19. The van der Waals surface area contributed by atoms with E-state index in [2.05, 4.69) is 11.6 Å². The van der Waals surface area contributed by atoms with E-state index in [1.165, 1.54) is 11.3 Å². The molecule has 0 bridgehead atoms. The second kappa shape index (κ2) is 2.19. The van der Waals surface area contributed by atoms with Crippen LogP contribution in [0.3, 0.4) is 0 Å². The quantitative estimate of drug-likeness (QED) is 0.644. The molecule has 3 heteroatoms. The number of rotatable bonds is 1. The molecule has 0 aliphatic carbocycles. The number of hydrogen-bond donors (Lipinski definition) is 1. The van der Waals surface area contributed by atoms with Gasteiger partial charge in [-0.3, -0.25) is 0 Å². The average molecular weight is 140 g/mol. The van der Waals surface area contributed by atoms with Crippen molar-refractivity contribution >= 4 is 22.5 Å². The van der Waals surface area contributed by atoms with Crippen molar-refractivity contribution in [3.05, 3.63) is 17.2 Å². The zero-order valence-corrected chi connectivity index (χ0v) is 6.03. The molecule has 1 aromatic rings. The summed E-state index contributed by atoms with van der Waals surface area (Å²) in [7, 11) is 0. The van der Waals surface area contributed by atoms with Crippen molar-refractivity contribution < 1.29 is 0 Å². The van der Waals surface area contributed by atoms with E-state index in [0.29, 0.717) is 5.13 Å². The van der Waals surface area contributed by atoms with Gasteiger partial charge in [0.05, 0.1) is 5.69 Å². The van der Waals surface area contributed by atoms with Gasteiger partial charge in [-0.05, 0) is 13.0 Å². The van der Waals surface area contributed by atoms with Gasteiger partial charge in [0.1, 0.15) is 0 Å². The lowest BCUT2D eigenvalue weighted by Crippen LogP contribution is -1.80. The van der Waals surface area contributed by atoms with E-state index in [0.717, 1.165) is 10.6 Å². The number of thiazole rings is 1. The van der Waals surface area contributed by atoms with Crippen LogP contribution < -0.4 is 5.73 Å². The summed E-state index contributed by atoms with van der Waals surface area (Å²) in [6.45, 7) is 5.57. The summed E-state index contributed by atoms with van der Waals surface area (Å²) in [6, 6.07) is 0.